The molecule has 3 N–H and O–H groups in total. The summed E-state index contributed by atoms with van der Waals surface area (Å²) < 4.78 is 7.75. The molecule has 0 spiro atoms. The largest absolute Gasteiger partial charge is 0.454 e. The highest BCUT2D eigenvalue weighted by Crippen LogP contribution is 2.30. The zero-order valence-corrected chi connectivity index (χ0v) is 17.9. The van der Waals surface area contributed by atoms with Crippen LogP contribution >= 0.6 is 0 Å². The van der Waals surface area contributed by atoms with Crippen LogP contribution in [0.5, 0.6) is 0 Å². The maximum absolute atomic E-state index is 12.4. The second-order valence-electron chi connectivity index (χ2n) is 8.16. The van der Waals surface area contributed by atoms with Crippen molar-refractivity contribution in [2.45, 2.75) is 13.8 Å². The van der Waals surface area contributed by atoms with E-state index in [1.165, 1.54) is 6.08 Å². The molecule has 7 nitrogen and oxygen atoms in total. The molecular weight excluding hydrogens is 404 g/mol. The SMILES string of the molecule is CC(C)(CNC(=O)/C=C/c1cn(-c2ccccc2)nc1-c1cc2ccccc2o1)C(N)=O. The number of fused-ring (bicyclic) bond motifs is 1. The van der Waals surface area contributed by atoms with Crippen LogP contribution in [0.1, 0.15) is 19.4 Å². The van der Waals surface area contributed by atoms with Crippen molar-refractivity contribution in [3.05, 3.63) is 78.5 Å². The van der Waals surface area contributed by atoms with Gasteiger partial charge in [-0.2, -0.15) is 5.10 Å². The zero-order chi connectivity index (χ0) is 22.7. The highest BCUT2D eigenvalue weighted by atomic mass is 16.3. The first-order valence-electron chi connectivity index (χ1n) is 10.2. The number of carbonyl (C=O) groups excluding carboxylic acids is 2. The summed E-state index contributed by atoms with van der Waals surface area (Å²) in [5, 5.41) is 8.40. The zero-order valence-electron chi connectivity index (χ0n) is 17.9. The maximum atomic E-state index is 12.4. The number of hydrogen-bond donors (Lipinski definition) is 2. The molecule has 0 aliphatic carbocycles. The lowest BCUT2D eigenvalue weighted by atomic mass is 9.93. The molecule has 2 amide bonds. The van der Waals surface area contributed by atoms with Gasteiger partial charge in [0.15, 0.2) is 5.76 Å². The van der Waals surface area contributed by atoms with Crippen LogP contribution < -0.4 is 11.1 Å². The molecule has 0 atom stereocenters. The molecule has 7 heteroatoms. The molecule has 0 radical (unpaired) electrons. The first-order valence-corrected chi connectivity index (χ1v) is 10.2. The van der Waals surface area contributed by atoms with Gasteiger partial charge in [-0.05, 0) is 44.2 Å². The van der Waals surface area contributed by atoms with Crippen LogP contribution in [0.25, 0.3) is 34.2 Å². The molecule has 0 unspecified atom stereocenters. The Morgan fingerprint density at radius 1 is 1.12 bits per heavy atom. The molecule has 0 saturated heterocycles. The quantitative estimate of drug-likeness (QED) is 0.435. The van der Waals surface area contributed by atoms with Crippen molar-refractivity contribution < 1.29 is 14.0 Å². The number of benzene rings is 2. The summed E-state index contributed by atoms with van der Waals surface area (Å²) in [6, 6.07) is 19.4. The molecule has 0 bridgehead atoms. The molecule has 0 aliphatic rings. The highest BCUT2D eigenvalue weighted by Gasteiger charge is 2.25. The number of nitrogens with zero attached hydrogens (tertiary/aromatic N) is 2. The van der Waals surface area contributed by atoms with Gasteiger partial charge in [0.25, 0.3) is 0 Å². The van der Waals surface area contributed by atoms with Gasteiger partial charge in [-0.15, -0.1) is 0 Å². The normalized spacial score (nSPS) is 11.8. The van der Waals surface area contributed by atoms with E-state index in [0.717, 1.165) is 22.2 Å². The molecule has 0 saturated carbocycles. The topological polar surface area (TPSA) is 103 Å². The third-order valence-corrected chi connectivity index (χ3v) is 5.21. The Bertz CT molecular complexity index is 1270. The Balaban J connectivity index is 1.65. The van der Waals surface area contributed by atoms with Gasteiger partial charge in [0.2, 0.25) is 11.8 Å². The van der Waals surface area contributed by atoms with E-state index < -0.39 is 11.3 Å². The minimum atomic E-state index is -0.832. The first kappa shape index (κ1) is 21.1. The van der Waals surface area contributed by atoms with E-state index in [9.17, 15) is 9.59 Å². The molecule has 0 aliphatic heterocycles. The monoisotopic (exact) mass is 428 g/mol. The standard InChI is InChI=1S/C25H24N4O3/c1-25(2,24(26)31)16-27-22(30)13-12-18-15-29(19-9-4-3-5-10-19)28-23(18)21-14-17-8-6-7-11-20(17)32-21/h3-15H,16H2,1-2H3,(H2,26,31)(H,27,30)/b13-12+. The van der Waals surface area contributed by atoms with Crippen LogP contribution in [0.4, 0.5) is 0 Å². The summed E-state index contributed by atoms with van der Waals surface area (Å²) in [7, 11) is 0. The van der Waals surface area contributed by atoms with E-state index in [1.54, 1.807) is 24.6 Å². The van der Waals surface area contributed by atoms with E-state index in [-0.39, 0.29) is 12.5 Å². The average Bonchev–Trinajstić information content (AvgIpc) is 3.41. The molecule has 2 aromatic carbocycles. The number of amides is 2. The second-order valence-corrected chi connectivity index (χ2v) is 8.16. The van der Waals surface area contributed by atoms with Crippen LogP contribution in [0, 0.1) is 5.41 Å². The Labute approximate surface area is 185 Å². The molecule has 0 fully saturated rings. The van der Waals surface area contributed by atoms with Crippen molar-refractivity contribution in [1.29, 1.82) is 0 Å². The van der Waals surface area contributed by atoms with Crippen molar-refractivity contribution >= 4 is 28.9 Å². The van der Waals surface area contributed by atoms with Crippen LogP contribution in [0.2, 0.25) is 0 Å². The van der Waals surface area contributed by atoms with Crippen molar-refractivity contribution in [2.75, 3.05) is 6.54 Å². The number of hydrogen-bond acceptors (Lipinski definition) is 4. The van der Waals surface area contributed by atoms with E-state index in [1.807, 2.05) is 66.9 Å². The Morgan fingerprint density at radius 3 is 2.56 bits per heavy atom. The number of nitrogens with two attached hydrogens (primary N) is 1. The molecule has 2 aromatic heterocycles. The Hall–Kier alpha value is -4.13. The van der Waals surface area contributed by atoms with Gasteiger partial charge in [0.05, 0.1) is 11.1 Å². The van der Waals surface area contributed by atoms with Gasteiger partial charge < -0.3 is 15.5 Å². The first-order chi connectivity index (χ1) is 15.3. The molecule has 32 heavy (non-hydrogen) atoms. The summed E-state index contributed by atoms with van der Waals surface area (Å²) in [6.07, 6.45) is 4.94. The number of nitrogens with one attached hydrogen (secondary N) is 1. The van der Waals surface area contributed by atoms with E-state index in [0.29, 0.717) is 11.5 Å². The summed E-state index contributed by atoms with van der Waals surface area (Å²) in [5.41, 5.74) is 7.52. The molecule has 4 aromatic rings. The summed E-state index contributed by atoms with van der Waals surface area (Å²) in [5.74, 6) is -0.198. The average molecular weight is 428 g/mol. The Kier molecular flexibility index (Phi) is 5.64. The van der Waals surface area contributed by atoms with E-state index in [4.69, 9.17) is 15.2 Å². The summed E-state index contributed by atoms with van der Waals surface area (Å²) in [4.78, 5) is 23.8. The fourth-order valence-electron chi connectivity index (χ4n) is 3.13. The Morgan fingerprint density at radius 2 is 1.84 bits per heavy atom. The van der Waals surface area contributed by atoms with Crippen molar-refractivity contribution in [1.82, 2.24) is 15.1 Å². The molecule has 4 rings (SSSR count). The van der Waals surface area contributed by atoms with E-state index in [2.05, 4.69) is 5.32 Å². The van der Waals surface area contributed by atoms with Crippen molar-refractivity contribution in [3.63, 3.8) is 0 Å². The van der Waals surface area contributed by atoms with Gasteiger partial charge in [-0.25, -0.2) is 4.68 Å². The summed E-state index contributed by atoms with van der Waals surface area (Å²) in [6.45, 7) is 3.51. The van der Waals surface area contributed by atoms with Gasteiger partial charge >= 0.3 is 0 Å². The van der Waals surface area contributed by atoms with Gasteiger partial charge in [-0.3, -0.25) is 9.59 Å². The second kappa shape index (κ2) is 8.55. The third kappa shape index (κ3) is 4.46. The lowest BCUT2D eigenvalue weighted by Crippen LogP contribution is -2.41. The minimum Gasteiger partial charge on any atom is -0.454 e. The lowest BCUT2D eigenvalue weighted by Gasteiger charge is -2.19. The molecule has 162 valence electrons. The fourth-order valence-corrected chi connectivity index (χ4v) is 3.13. The lowest BCUT2D eigenvalue weighted by molar-refractivity contribution is -0.126. The highest BCUT2D eigenvalue weighted by molar-refractivity contribution is 5.93. The number of primary amides is 1. The van der Waals surface area contributed by atoms with Crippen molar-refractivity contribution in [3.8, 4) is 17.1 Å². The number of aromatic nitrogens is 2. The predicted molar refractivity (Wildman–Crippen MR) is 124 cm³/mol. The van der Waals surface area contributed by atoms with Crippen molar-refractivity contribution in [2.24, 2.45) is 11.1 Å². The number of para-hydroxylation sites is 2. The summed E-state index contributed by atoms with van der Waals surface area (Å²) >= 11 is 0. The number of carbonyl (C=O) groups is 2. The third-order valence-electron chi connectivity index (χ3n) is 5.21. The molecular formula is C25H24N4O3. The minimum absolute atomic E-state index is 0.144. The van der Waals surface area contributed by atoms with Crippen LogP contribution in [-0.2, 0) is 9.59 Å². The van der Waals surface area contributed by atoms with Gasteiger partial charge in [-0.1, -0.05) is 36.4 Å². The fraction of sp³-hybridized carbons (Fsp3) is 0.160. The number of rotatable bonds is 7. The van der Waals surface area contributed by atoms with Gasteiger partial charge in [0.1, 0.15) is 11.3 Å². The van der Waals surface area contributed by atoms with E-state index >= 15 is 0 Å². The number of furan rings is 1. The van der Waals surface area contributed by atoms with Crippen LogP contribution in [0.3, 0.4) is 0 Å². The molecule has 2 heterocycles. The maximum Gasteiger partial charge on any atom is 0.244 e. The smallest absolute Gasteiger partial charge is 0.244 e. The van der Waals surface area contributed by atoms with Crippen LogP contribution in [-0.4, -0.2) is 28.1 Å². The van der Waals surface area contributed by atoms with Gasteiger partial charge in [0, 0.05) is 29.8 Å². The van der Waals surface area contributed by atoms with Crippen LogP contribution in [0.15, 0.2) is 77.4 Å². The predicted octanol–water partition coefficient (Wildman–Crippen LogP) is 3.93.